The van der Waals surface area contributed by atoms with Crippen molar-refractivity contribution in [2.75, 3.05) is 26.2 Å². The first-order valence-electron chi connectivity index (χ1n) is 13.3. The molecule has 0 bridgehead atoms. The van der Waals surface area contributed by atoms with E-state index in [-0.39, 0.29) is 0 Å². The van der Waals surface area contributed by atoms with E-state index >= 15 is 0 Å². The molecule has 46 heavy (non-hydrogen) atoms. The molecular formula is C30H24F6N4O5S. The molecule has 0 saturated heterocycles. The van der Waals surface area contributed by atoms with Crippen molar-refractivity contribution in [2.45, 2.75) is 12.4 Å². The predicted molar refractivity (Wildman–Crippen MR) is 160 cm³/mol. The Morgan fingerprint density at radius 2 is 1.11 bits per heavy atom. The van der Waals surface area contributed by atoms with Gasteiger partial charge in [0.25, 0.3) is 0 Å². The summed E-state index contributed by atoms with van der Waals surface area (Å²) in [4.78, 5) is 28.0. The Bertz CT molecular complexity index is 1730. The highest BCUT2D eigenvalue weighted by atomic mass is 32.1. The molecule has 3 aromatic carbocycles. The van der Waals surface area contributed by atoms with Crippen LogP contribution in [0.2, 0.25) is 0 Å². The standard InChI is InChI=1S/C26H22N4OS.2C2HF3O2/c1-2-20(26-29-13-14-30-26)16-24-19(1)15-23(32-24)17-3-7-21(8-4-17)31-22-9-5-18(6-10-22)25-27-11-12-28-25;2*3-2(4,5)1(6)7/h1-10,15-16H,11-14H2,(H,27,28)(H,29,30);2*(H,6,7). The average Bonchev–Trinajstić information content (AvgIpc) is 3.80. The number of ether oxygens (including phenoxy) is 1. The minimum Gasteiger partial charge on any atom is -0.475 e. The highest BCUT2D eigenvalue weighted by Crippen LogP contribution is 2.35. The largest absolute Gasteiger partial charge is 0.490 e. The number of carboxylic acids is 2. The van der Waals surface area contributed by atoms with E-state index < -0.39 is 24.3 Å². The topological polar surface area (TPSA) is 133 Å². The Kier molecular flexibility index (Phi) is 10.5. The Balaban J connectivity index is 0.000000289. The first kappa shape index (κ1) is 33.8. The summed E-state index contributed by atoms with van der Waals surface area (Å²) in [5, 5.41) is 22.2. The van der Waals surface area contributed by atoms with Gasteiger partial charge in [0.05, 0.1) is 13.1 Å². The van der Waals surface area contributed by atoms with Gasteiger partial charge in [0.1, 0.15) is 23.2 Å². The number of amidine groups is 2. The third kappa shape index (κ3) is 9.20. The summed E-state index contributed by atoms with van der Waals surface area (Å²) in [7, 11) is 0. The molecule has 0 radical (unpaired) electrons. The summed E-state index contributed by atoms with van der Waals surface area (Å²) in [6.45, 7) is 3.53. The van der Waals surface area contributed by atoms with E-state index in [0.717, 1.165) is 60.5 Å². The Morgan fingerprint density at radius 3 is 1.54 bits per heavy atom. The van der Waals surface area contributed by atoms with Crippen molar-refractivity contribution in [3.05, 3.63) is 83.9 Å². The predicted octanol–water partition coefficient (Wildman–Crippen LogP) is 6.33. The zero-order valence-corrected chi connectivity index (χ0v) is 24.3. The van der Waals surface area contributed by atoms with Crippen LogP contribution in [-0.2, 0) is 9.59 Å². The fraction of sp³-hybridized carbons (Fsp3) is 0.200. The Hall–Kier alpha value is -5.12. The number of alkyl halides is 6. The van der Waals surface area contributed by atoms with Crippen LogP contribution in [0.1, 0.15) is 11.1 Å². The van der Waals surface area contributed by atoms with Crippen LogP contribution in [0.3, 0.4) is 0 Å². The second-order valence-corrected chi connectivity index (χ2v) is 10.5. The van der Waals surface area contributed by atoms with Gasteiger partial charge in [-0.25, -0.2) is 9.59 Å². The molecule has 0 amide bonds. The Morgan fingerprint density at radius 1 is 0.674 bits per heavy atom. The van der Waals surface area contributed by atoms with Gasteiger partial charge in [0.2, 0.25) is 0 Å². The molecule has 242 valence electrons. The van der Waals surface area contributed by atoms with Gasteiger partial charge in [-0.05, 0) is 71.6 Å². The molecule has 9 nitrogen and oxygen atoms in total. The first-order chi connectivity index (χ1) is 21.7. The van der Waals surface area contributed by atoms with Gasteiger partial charge >= 0.3 is 24.3 Å². The summed E-state index contributed by atoms with van der Waals surface area (Å²) < 4.78 is 70.8. The fourth-order valence-electron chi connectivity index (χ4n) is 4.01. The lowest BCUT2D eigenvalue weighted by Crippen LogP contribution is -2.21. The number of hydrogen-bond donors (Lipinski definition) is 4. The van der Waals surface area contributed by atoms with Crippen molar-refractivity contribution in [2.24, 2.45) is 9.98 Å². The molecule has 3 heterocycles. The summed E-state index contributed by atoms with van der Waals surface area (Å²) in [5.41, 5.74) is 3.44. The van der Waals surface area contributed by atoms with Crippen molar-refractivity contribution in [1.82, 2.24) is 10.6 Å². The van der Waals surface area contributed by atoms with Gasteiger partial charge in [-0.3, -0.25) is 9.98 Å². The molecule has 4 aromatic rings. The van der Waals surface area contributed by atoms with Crippen LogP contribution in [0.5, 0.6) is 11.5 Å². The maximum atomic E-state index is 10.6. The van der Waals surface area contributed by atoms with E-state index in [1.807, 2.05) is 36.4 Å². The van der Waals surface area contributed by atoms with Crippen molar-refractivity contribution in [3.8, 4) is 21.9 Å². The number of aliphatic carboxylic acids is 2. The van der Waals surface area contributed by atoms with Gasteiger partial charge in [-0.1, -0.05) is 12.1 Å². The van der Waals surface area contributed by atoms with Crippen LogP contribution < -0.4 is 15.4 Å². The lowest BCUT2D eigenvalue weighted by Gasteiger charge is -2.08. The fourth-order valence-corrected chi connectivity index (χ4v) is 5.11. The molecule has 6 rings (SSSR count). The second kappa shape index (κ2) is 14.3. The summed E-state index contributed by atoms with van der Waals surface area (Å²) in [6, 6.07) is 25.2. The Labute approximate surface area is 260 Å². The minimum atomic E-state index is -5.08. The van der Waals surface area contributed by atoms with Gasteiger partial charge in [-0.2, -0.15) is 26.3 Å². The quantitative estimate of drug-likeness (QED) is 0.183. The SMILES string of the molecule is O=C(O)C(F)(F)F.O=C(O)C(F)(F)F.c1cc(C2=NCCN2)ccc1Oc1ccc(-c2cc3ccc(C4=NCCN4)cc3s2)cc1. The third-order valence-corrected chi connectivity index (χ3v) is 7.28. The van der Waals surface area contributed by atoms with E-state index in [9.17, 15) is 26.3 Å². The number of carboxylic acid groups (broad SMARTS) is 2. The molecule has 0 aliphatic carbocycles. The summed E-state index contributed by atoms with van der Waals surface area (Å²) >= 11 is 1.81. The highest BCUT2D eigenvalue weighted by molar-refractivity contribution is 7.22. The molecule has 1 aromatic heterocycles. The van der Waals surface area contributed by atoms with Gasteiger partial charge in [0, 0.05) is 33.8 Å². The maximum absolute atomic E-state index is 10.6. The van der Waals surface area contributed by atoms with Crippen LogP contribution in [0.4, 0.5) is 26.3 Å². The maximum Gasteiger partial charge on any atom is 0.490 e. The lowest BCUT2D eigenvalue weighted by molar-refractivity contribution is -0.193. The number of nitrogens with one attached hydrogen (secondary N) is 2. The minimum absolute atomic E-state index is 0.818. The number of aliphatic imine (C=N–C) groups is 2. The number of rotatable bonds is 5. The molecule has 0 atom stereocenters. The molecule has 0 unspecified atom stereocenters. The van der Waals surface area contributed by atoms with Crippen molar-refractivity contribution >= 4 is 45.0 Å². The molecule has 16 heteroatoms. The van der Waals surface area contributed by atoms with Crippen LogP contribution in [-0.4, -0.2) is 72.4 Å². The van der Waals surface area contributed by atoms with Gasteiger partial charge in [-0.15, -0.1) is 11.3 Å². The van der Waals surface area contributed by atoms with E-state index in [1.54, 1.807) is 11.3 Å². The van der Waals surface area contributed by atoms with Crippen molar-refractivity contribution in [3.63, 3.8) is 0 Å². The van der Waals surface area contributed by atoms with Gasteiger partial charge < -0.3 is 25.6 Å². The number of halogens is 6. The molecule has 2 aliphatic heterocycles. The van der Waals surface area contributed by atoms with Crippen LogP contribution >= 0.6 is 11.3 Å². The van der Waals surface area contributed by atoms with Gasteiger partial charge in [0.15, 0.2) is 0 Å². The molecule has 0 spiro atoms. The molecule has 4 N–H and O–H groups in total. The number of carbonyl (C=O) groups is 2. The molecule has 0 fully saturated rings. The van der Waals surface area contributed by atoms with E-state index in [1.165, 1.54) is 20.5 Å². The van der Waals surface area contributed by atoms with E-state index in [2.05, 4.69) is 57.0 Å². The third-order valence-electron chi connectivity index (χ3n) is 6.13. The normalized spacial score (nSPS) is 14.0. The van der Waals surface area contributed by atoms with Crippen molar-refractivity contribution in [1.29, 1.82) is 0 Å². The smallest absolute Gasteiger partial charge is 0.475 e. The zero-order valence-electron chi connectivity index (χ0n) is 23.4. The highest BCUT2D eigenvalue weighted by Gasteiger charge is 2.38. The number of nitrogens with zero attached hydrogens (tertiary/aromatic N) is 2. The number of benzene rings is 3. The average molecular weight is 667 g/mol. The van der Waals surface area contributed by atoms with E-state index in [4.69, 9.17) is 24.5 Å². The molecular weight excluding hydrogens is 642 g/mol. The monoisotopic (exact) mass is 666 g/mol. The number of fused-ring (bicyclic) bond motifs is 1. The number of hydrogen-bond acceptors (Lipinski definition) is 8. The van der Waals surface area contributed by atoms with E-state index in [0.29, 0.717) is 0 Å². The zero-order chi connectivity index (χ0) is 33.5. The van der Waals surface area contributed by atoms with Crippen LogP contribution in [0, 0.1) is 0 Å². The van der Waals surface area contributed by atoms with Crippen molar-refractivity contribution < 1.29 is 50.9 Å². The van der Waals surface area contributed by atoms with Crippen LogP contribution in [0.25, 0.3) is 20.5 Å². The van der Waals surface area contributed by atoms with Crippen LogP contribution in [0.15, 0.2) is 82.8 Å². The first-order valence-corrected chi connectivity index (χ1v) is 14.1. The summed E-state index contributed by atoms with van der Waals surface area (Å²) in [6.07, 6.45) is -10.2. The lowest BCUT2D eigenvalue weighted by atomic mass is 10.1. The second-order valence-electron chi connectivity index (χ2n) is 9.43. The summed E-state index contributed by atoms with van der Waals surface area (Å²) in [5.74, 6) is -1.91. The molecule has 0 saturated carbocycles. The molecule has 2 aliphatic rings. The number of thiophene rings is 1.